The van der Waals surface area contributed by atoms with Crippen molar-refractivity contribution in [2.75, 3.05) is 13.2 Å². The van der Waals surface area contributed by atoms with Gasteiger partial charge in [0.05, 0.1) is 6.61 Å². The third kappa shape index (κ3) is 38.6. The van der Waals surface area contributed by atoms with E-state index in [2.05, 4.69) is 79.1 Å². The van der Waals surface area contributed by atoms with E-state index < -0.39 is 32.5 Å². The van der Waals surface area contributed by atoms with E-state index in [-0.39, 0.29) is 19.4 Å². The van der Waals surface area contributed by atoms with Crippen LogP contribution in [0.5, 0.6) is 0 Å². The Morgan fingerprint density at radius 3 is 1.44 bits per heavy atom. The summed E-state index contributed by atoms with van der Waals surface area (Å²) >= 11 is 0. The number of carbonyl (C=O) groups excluding carboxylic acids is 2. The molecule has 0 spiro atoms. The van der Waals surface area contributed by atoms with Crippen LogP contribution in [-0.4, -0.2) is 41.0 Å². The number of phosphoric ester groups is 1. The van der Waals surface area contributed by atoms with Crippen molar-refractivity contribution in [1.82, 2.24) is 0 Å². The molecule has 0 aliphatic heterocycles. The molecule has 0 saturated carbocycles. The third-order valence-electron chi connectivity index (χ3n) is 8.02. The molecule has 0 aliphatic rings. The molecular formula is C41H71O8P. The Balaban J connectivity index is 4.00. The summed E-state index contributed by atoms with van der Waals surface area (Å²) in [4.78, 5) is 42.8. The van der Waals surface area contributed by atoms with Crippen LogP contribution in [0.1, 0.15) is 168 Å². The van der Waals surface area contributed by atoms with Crippen LogP contribution >= 0.6 is 7.82 Å². The smallest absolute Gasteiger partial charge is 0.462 e. The molecular weight excluding hydrogens is 651 g/mol. The minimum atomic E-state index is -4.76. The maximum absolute atomic E-state index is 12.4. The van der Waals surface area contributed by atoms with Crippen molar-refractivity contribution in [2.45, 2.75) is 174 Å². The first-order valence-corrected chi connectivity index (χ1v) is 21.1. The molecule has 288 valence electrons. The molecule has 0 aromatic carbocycles. The molecule has 2 N–H and O–H groups in total. The van der Waals surface area contributed by atoms with E-state index >= 15 is 0 Å². The molecule has 0 aromatic rings. The first kappa shape index (κ1) is 47.8. The largest absolute Gasteiger partial charge is 0.469 e. The standard InChI is InChI=1S/C41H71O8P/c1-3-5-7-9-11-13-15-17-19-20-22-24-26-28-30-32-34-36-41(43)49-39(38-48-50(44,45)46)37-47-40(42)35-33-31-29-27-25-23-21-18-16-14-12-10-8-6-4-2/h6,8,11-14,17-19,21,39H,3-5,7,9-10,15-16,20,22-38H2,1-2H3,(H2,44,45,46)/b8-6+,13-11+,14-12+,19-17+,21-18+/t39-/m1/s1. The topological polar surface area (TPSA) is 119 Å². The van der Waals surface area contributed by atoms with Crippen molar-refractivity contribution in [3.8, 4) is 0 Å². The summed E-state index contributed by atoms with van der Waals surface area (Å²) in [5, 5.41) is 0. The average molecular weight is 723 g/mol. The van der Waals surface area contributed by atoms with Crippen LogP contribution in [0.4, 0.5) is 0 Å². The molecule has 0 heterocycles. The highest BCUT2D eigenvalue weighted by Gasteiger charge is 2.22. The predicted octanol–water partition coefficient (Wildman–Crippen LogP) is 11.7. The Labute approximate surface area is 305 Å². The first-order chi connectivity index (χ1) is 24.3. The SMILES string of the molecule is CC/C=C/C/C=C/C/C=C/CCCCCCCC(=O)OC[C@H](COP(=O)(O)O)OC(=O)CCCCCCCCC/C=C/C/C=C/CCCCC. The van der Waals surface area contributed by atoms with Crippen LogP contribution < -0.4 is 0 Å². The number of ether oxygens (including phenoxy) is 2. The quantitative estimate of drug-likeness (QED) is 0.0287. The van der Waals surface area contributed by atoms with Gasteiger partial charge in [-0.2, -0.15) is 0 Å². The molecule has 0 bridgehead atoms. The van der Waals surface area contributed by atoms with Crippen molar-refractivity contribution in [2.24, 2.45) is 0 Å². The van der Waals surface area contributed by atoms with Crippen molar-refractivity contribution >= 4 is 19.8 Å². The Kier molecular flexibility index (Phi) is 34.9. The Morgan fingerprint density at radius 2 is 0.960 bits per heavy atom. The summed E-state index contributed by atoms with van der Waals surface area (Å²) in [6, 6.07) is 0. The molecule has 0 saturated heterocycles. The molecule has 50 heavy (non-hydrogen) atoms. The summed E-state index contributed by atoms with van der Waals surface area (Å²) in [6.07, 6.45) is 45.1. The number of carbonyl (C=O) groups is 2. The van der Waals surface area contributed by atoms with Gasteiger partial charge in [0.15, 0.2) is 6.10 Å². The molecule has 0 radical (unpaired) electrons. The van der Waals surface area contributed by atoms with E-state index in [1.54, 1.807) is 0 Å². The van der Waals surface area contributed by atoms with Gasteiger partial charge >= 0.3 is 19.8 Å². The number of rotatable bonds is 35. The molecule has 0 amide bonds. The van der Waals surface area contributed by atoms with Crippen LogP contribution in [0.25, 0.3) is 0 Å². The zero-order valence-corrected chi connectivity index (χ0v) is 32.4. The van der Waals surface area contributed by atoms with Crippen LogP contribution in [0.15, 0.2) is 60.8 Å². The van der Waals surface area contributed by atoms with Gasteiger partial charge in [-0.3, -0.25) is 14.1 Å². The Bertz CT molecular complexity index is 995. The van der Waals surface area contributed by atoms with Gasteiger partial charge in [-0.15, -0.1) is 0 Å². The lowest BCUT2D eigenvalue weighted by molar-refractivity contribution is -0.161. The highest BCUT2D eigenvalue weighted by atomic mass is 31.2. The number of esters is 2. The van der Waals surface area contributed by atoms with Crippen LogP contribution in [0, 0.1) is 0 Å². The predicted molar refractivity (Wildman–Crippen MR) is 207 cm³/mol. The van der Waals surface area contributed by atoms with E-state index in [1.165, 1.54) is 44.9 Å². The lowest BCUT2D eigenvalue weighted by Crippen LogP contribution is -2.29. The summed E-state index contributed by atoms with van der Waals surface area (Å²) in [7, 11) is -4.76. The first-order valence-electron chi connectivity index (χ1n) is 19.6. The molecule has 9 heteroatoms. The zero-order valence-electron chi connectivity index (χ0n) is 31.5. The maximum Gasteiger partial charge on any atom is 0.469 e. The number of hydrogen-bond donors (Lipinski definition) is 2. The van der Waals surface area contributed by atoms with E-state index in [0.29, 0.717) is 12.8 Å². The minimum absolute atomic E-state index is 0.196. The van der Waals surface area contributed by atoms with Gasteiger partial charge in [0.2, 0.25) is 0 Å². The summed E-state index contributed by atoms with van der Waals surface area (Å²) < 4.78 is 26.3. The number of hydrogen-bond acceptors (Lipinski definition) is 6. The van der Waals surface area contributed by atoms with Gasteiger partial charge < -0.3 is 19.3 Å². The summed E-state index contributed by atoms with van der Waals surface area (Å²) in [5.41, 5.74) is 0. The average Bonchev–Trinajstić information content (AvgIpc) is 3.08. The van der Waals surface area contributed by atoms with Gasteiger partial charge in [-0.25, -0.2) is 4.57 Å². The van der Waals surface area contributed by atoms with E-state index in [1.807, 2.05) is 0 Å². The van der Waals surface area contributed by atoms with Gasteiger partial charge in [-0.05, 0) is 77.0 Å². The molecule has 0 aliphatic carbocycles. The number of allylic oxidation sites excluding steroid dienone is 10. The fourth-order valence-electron chi connectivity index (χ4n) is 5.12. The van der Waals surface area contributed by atoms with Crippen LogP contribution in [0.2, 0.25) is 0 Å². The highest BCUT2D eigenvalue weighted by molar-refractivity contribution is 7.46. The van der Waals surface area contributed by atoms with Crippen molar-refractivity contribution < 1.29 is 37.9 Å². The minimum Gasteiger partial charge on any atom is -0.462 e. The highest BCUT2D eigenvalue weighted by Crippen LogP contribution is 2.36. The van der Waals surface area contributed by atoms with Crippen LogP contribution in [-0.2, 0) is 28.2 Å². The van der Waals surface area contributed by atoms with E-state index in [4.69, 9.17) is 19.3 Å². The number of unbranched alkanes of at least 4 members (excludes halogenated alkanes) is 15. The second-order valence-corrected chi connectivity index (χ2v) is 14.1. The second kappa shape index (κ2) is 36.5. The summed E-state index contributed by atoms with van der Waals surface area (Å²) in [6.45, 7) is 3.51. The summed E-state index contributed by atoms with van der Waals surface area (Å²) in [5.74, 6) is -0.918. The van der Waals surface area contributed by atoms with E-state index in [9.17, 15) is 14.2 Å². The van der Waals surface area contributed by atoms with Crippen molar-refractivity contribution in [3.05, 3.63) is 60.8 Å². The Morgan fingerprint density at radius 1 is 0.540 bits per heavy atom. The van der Waals surface area contributed by atoms with Gasteiger partial charge in [0.1, 0.15) is 6.61 Å². The normalized spacial score (nSPS) is 13.1. The lowest BCUT2D eigenvalue weighted by Gasteiger charge is -2.18. The third-order valence-corrected chi connectivity index (χ3v) is 8.51. The van der Waals surface area contributed by atoms with Crippen LogP contribution in [0.3, 0.4) is 0 Å². The molecule has 0 rings (SSSR count). The molecule has 0 fully saturated rings. The fourth-order valence-corrected chi connectivity index (χ4v) is 5.48. The lowest BCUT2D eigenvalue weighted by atomic mass is 10.1. The zero-order chi connectivity index (χ0) is 36.8. The van der Waals surface area contributed by atoms with E-state index in [0.717, 1.165) is 83.5 Å². The van der Waals surface area contributed by atoms with Gasteiger partial charge in [0.25, 0.3) is 0 Å². The Hall–Kier alpha value is -2.25. The molecule has 1 atom stereocenters. The second-order valence-electron chi connectivity index (χ2n) is 12.9. The molecule has 8 nitrogen and oxygen atoms in total. The maximum atomic E-state index is 12.4. The van der Waals surface area contributed by atoms with Crippen molar-refractivity contribution in [3.63, 3.8) is 0 Å². The van der Waals surface area contributed by atoms with Gasteiger partial charge in [0, 0.05) is 12.8 Å². The number of phosphoric acid groups is 1. The fraction of sp³-hybridized carbons (Fsp3) is 0.707. The monoisotopic (exact) mass is 722 g/mol. The van der Waals surface area contributed by atoms with Gasteiger partial charge in [-0.1, -0.05) is 139 Å². The van der Waals surface area contributed by atoms with Crippen molar-refractivity contribution in [1.29, 1.82) is 0 Å². The molecule has 0 aromatic heterocycles. The molecule has 0 unspecified atom stereocenters.